The molecule has 2 amide bonds. The molecule has 7 nitrogen and oxygen atoms in total. The predicted octanol–water partition coefficient (Wildman–Crippen LogP) is 1.93. The van der Waals surface area contributed by atoms with E-state index >= 15 is 0 Å². The van der Waals surface area contributed by atoms with Gasteiger partial charge in [0.2, 0.25) is 0 Å². The Kier molecular flexibility index (Phi) is 6.53. The standard InChI is InChI=1S/C17H16N2O5S/c1-23-13-8-4-3-6-11(13)15(21)19-14(20)10-24-17(22)12-7-5-9-18-16(12)25-2/h3-9H,10H2,1-2H3,(H,19,20,21). The smallest absolute Gasteiger partial charge is 0.341 e. The van der Waals surface area contributed by atoms with Crippen LogP contribution in [0.4, 0.5) is 0 Å². The van der Waals surface area contributed by atoms with Crippen molar-refractivity contribution in [3.8, 4) is 5.75 Å². The molecule has 0 radical (unpaired) electrons. The Morgan fingerprint density at radius 1 is 1.12 bits per heavy atom. The second-order valence-electron chi connectivity index (χ2n) is 4.71. The molecule has 2 aromatic rings. The van der Waals surface area contributed by atoms with E-state index in [1.54, 1.807) is 42.8 Å². The minimum Gasteiger partial charge on any atom is -0.496 e. The molecule has 130 valence electrons. The number of ether oxygens (including phenoxy) is 2. The molecule has 0 fully saturated rings. The molecular formula is C17H16N2O5S. The van der Waals surface area contributed by atoms with E-state index in [1.807, 2.05) is 0 Å². The van der Waals surface area contributed by atoms with Crippen LogP contribution in [0.25, 0.3) is 0 Å². The summed E-state index contributed by atoms with van der Waals surface area (Å²) in [5.41, 5.74) is 0.473. The summed E-state index contributed by atoms with van der Waals surface area (Å²) < 4.78 is 10.0. The molecule has 0 bridgehead atoms. The van der Waals surface area contributed by atoms with E-state index in [1.165, 1.54) is 24.9 Å². The zero-order valence-electron chi connectivity index (χ0n) is 13.6. The first-order valence-corrected chi connectivity index (χ1v) is 8.42. The monoisotopic (exact) mass is 360 g/mol. The lowest BCUT2D eigenvalue weighted by atomic mass is 10.2. The number of amides is 2. The van der Waals surface area contributed by atoms with Crippen LogP contribution in [0, 0.1) is 0 Å². The van der Waals surface area contributed by atoms with Crippen LogP contribution in [0.5, 0.6) is 5.75 Å². The van der Waals surface area contributed by atoms with Gasteiger partial charge in [-0.25, -0.2) is 9.78 Å². The number of thioether (sulfide) groups is 1. The van der Waals surface area contributed by atoms with Gasteiger partial charge in [0.1, 0.15) is 10.8 Å². The normalized spacial score (nSPS) is 10.0. The molecule has 1 N–H and O–H groups in total. The first-order valence-electron chi connectivity index (χ1n) is 7.20. The van der Waals surface area contributed by atoms with E-state index in [0.29, 0.717) is 10.8 Å². The molecular weight excluding hydrogens is 344 g/mol. The number of carbonyl (C=O) groups excluding carboxylic acids is 3. The molecule has 0 saturated carbocycles. The Morgan fingerprint density at radius 3 is 2.56 bits per heavy atom. The van der Waals surface area contributed by atoms with Crippen LogP contribution in [0.2, 0.25) is 0 Å². The maximum atomic E-state index is 12.1. The van der Waals surface area contributed by atoms with Crippen LogP contribution in [0.3, 0.4) is 0 Å². The summed E-state index contributed by atoms with van der Waals surface area (Å²) in [5.74, 6) is -1.72. The van der Waals surface area contributed by atoms with Crippen LogP contribution >= 0.6 is 11.8 Å². The summed E-state index contributed by atoms with van der Waals surface area (Å²) in [6.45, 7) is -0.581. The van der Waals surface area contributed by atoms with Gasteiger partial charge in [-0.1, -0.05) is 12.1 Å². The van der Waals surface area contributed by atoms with Crippen molar-refractivity contribution >= 4 is 29.5 Å². The summed E-state index contributed by atoms with van der Waals surface area (Å²) in [5, 5.41) is 2.65. The van der Waals surface area contributed by atoms with Crippen LogP contribution in [-0.4, -0.2) is 42.7 Å². The second kappa shape index (κ2) is 8.84. The fourth-order valence-electron chi connectivity index (χ4n) is 1.98. The summed E-state index contributed by atoms with van der Waals surface area (Å²) in [6.07, 6.45) is 3.33. The number of imide groups is 1. The second-order valence-corrected chi connectivity index (χ2v) is 5.51. The number of para-hydroxylation sites is 1. The van der Waals surface area contributed by atoms with Gasteiger partial charge in [-0.2, -0.15) is 0 Å². The van der Waals surface area contributed by atoms with Gasteiger partial charge in [-0.15, -0.1) is 11.8 Å². The minimum atomic E-state index is -0.737. The maximum absolute atomic E-state index is 12.1. The maximum Gasteiger partial charge on any atom is 0.341 e. The Bertz CT molecular complexity index is 794. The highest BCUT2D eigenvalue weighted by Gasteiger charge is 2.18. The lowest BCUT2D eigenvalue weighted by Gasteiger charge is -2.09. The van der Waals surface area contributed by atoms with Gasteiger partial charge < -0.3 is 9.47 Å². The lowest BCUT2D eigenvalue weighted by molar-refractivity contribution is -0.123. The summed E-state index contributed by atoms with van der Waals surface area (Å²) in [4.78, 5) is 40.0. The average Bonchev–Trinajstić information content (AvgIpc) is 2.65. The van der Waals surface area contributed by atoms with Crippen molar-refractivity contribution in [1.82, 2.24) is 10.3 Å². The van der Waals surface area contributed by atoms with Crippen molar-refractivity contribution in [1.29, 1.82) is 0 Å². The fraction of sp³-hybridized carbons (Fsp3) is 0.176. The number of nitrogens with zero attached hydrogens (tertiary/aromatic N) is 1. The molecule has 0 unspecified atom stereocenters. The number of hydrogen-bond acceptors (Lipinski definition) is 7. The van der Waals surface area contributed by atoms with Gasteiger partial charge >= 0.3 is 5.97 Å². The highest BCUT2D eigenvalue weighted by molar-refractivity contribution is 7.98. The van der Waals surface area contributed by atoms with Crippen molar-refractivity contribution < 1.29 is 23.9 Å². The van der Waals surface area contributed by atoms with E-state index in [9.17, 15) is 14.4 Å². The third-order valence-corrected chi connectivity index (χ3v) is 3.84. The molecule has 25 heavy (non-hydrogen) atoms. The molecule has 0 spiro atoms. The number of methoxy groups -OCH3 is 1. The molecule has 0 aliphatic rings. The lowest BCUT2D eigenvalue weighted by Crippen LogP contribution is -2.34. The third kappa shape index (κ3) is 4.80. The van der Waals surface area contributed by atoms with Crippen molar-refractivity contribution in [2.24, 2.45) is 0 Å². The highest BCUT2D eigenvalue weighted by Crippen LogP contribution is 2.18. The molecule has 0 aliphatic heterocycles. The SMILES string of the molecule is COc1ccccc1C(=O)NC(=O)COC(=O)c1cccnc1SC. The number of carbonyl (C=O) groups is 3. The Labute approximate surface area is 148 Å². The van der Waals surface area contributed by atoms with E-state index in [2.05, 4.69) is 10.3 Å². The van der Waals surface area contributed by atoms with Crippen molar-refractivity contribution in [3.05, 3.63) is 53.7 Å². The molecule has 0 aliphatic carbocycles. The Morgan fingerprint density at radius 2 is 1.84 bits per heavy atom. The number of rotatable bonds is 6. The number of benzene rings is 1. The van der Waals surface area contributed by atoms with E-state index < -0.39 is 24.4 Å². The average molecular weight is 360 g/mol. The minimum absolute atomic E-state index is 0.210. The zero-order chi connectivity index (χ0) is 18.2. The molecule has 8 heteroatoms. The molecule has 0 atom stereocenters. The van der Waals surface area contributed by atoms with Crippen molar-refractivity contribution in [3.63, 3.8) is 0 Å². The van der Waals surface area contributed by atoms with Crippen LogP contribution < -0.4 is 10.1 Å². The molecule has 1 aromatic carbocycles. The van der Waals surface area contributed by atoms with Crippen LogP contribution in [0.15, 0.2) is 47.6 Å². The van der Waals surface area contributed by atoms with Crippen molar-refractivity contribution in [2.75, 3.05) is 20.0 Å². The molecule has 1 heterocycles. The molecule has 0 saturated heterocycles. The van der Waals surface area contributed by atoms with Gasteiger partial charge in [0.15, 0.2) is 6.61 Å². The van der Waals surface area contributed by atoms with E-state index in [-0.39, 0.29) is 11.1 Å². The number of nitrogens with one attached hydrogen (secondary N) is 1. The number of pyridine rings is 1. The summed E-state index contributed by atoms with van der Waals surface area (Å²) in [6, 6.07) is 9.63. The summed E-state index contributed by atoms with van der Waals surface area (Å²) in [7, 11) is 1.42. The number of aromatic nitrogens is 1. The van der Waals surface area contributed by atoms with Gasteiger partial charge in [-0.05, 0) is 30.5 Å². The van der Waals surface area contributed by atoms with Gasteiger partial charge in [0.05, 0.1) is 18.2 Å². The topological polar surface area (TPSA) is 94.6 Å². The van der Waals surface area contributed by atoms with Gasteiger partial charge in [0.25, 0.3) is 11.8 Å². The van der Waals surface area contributed by atoms with E-state index in [0.717, 1.165) is 0 Å². The summed E-state index contributed by atoms with van der Waals surface area (Å²) >= 11 is 1.29. The zero-order valence-corrected chi connectivity index (χ0v) is 14.5. The molecule has 1 aromatic heterocycles. The van der Waals surface area contributed by atoms with Crippen LogP contribution in [-0.2, 0) is 9.53 Å². The highest BCUT2D eigenvalue weighted by atomic mass is 32.2. The fourth-order valence-corrected chi connectivity index (χ4v) is 2.52. The first-order chi connectivity index (χ1) is 12.1. The Balaban J connectivity index is 1.94. The van der Waals surface area contributed by atoms with E-state index in [4.69, 9.17) is 9.47 Å². The quantitative estimate of drug-likeness (QED) is 0.621. The number of esters is 1. The van der Waals surface area contributed by atoms with Gasteiger partial charge in [-0.3, -0.25) is 14.9 Å². The third-order valence-electron chi connectivity index (χ3n) is 3.12. The van der Waals surface area contributed by atoms with Crippen molar-refractivity contribution in [2.45, 2.75) is 5.03 Å². The van der Waals surface area contributed by atoms with Gasteiger partial charge in [0, 0.05) is 6.20 Å². The molecule has 2 rings (SSSR count). The largest absolute Gasteiger partial charge is 0.496 e. The predicted molar refractivity (Wildman–Crippen MR) is 91.8 cm³/mol. The Hall–Kier alpha value is -2.87. The number of hydrogen-bond donors (Lipinski definition) is 1. The first kappa shape index (κ1) is 18.5. The van der Waals surface area contributed by atoms with Crippen LogP contribution in [0.1, 0.15) is 20.7 Å².